The van der Waals surface area contributed by atoms with Crippen molar-refractivity contribution in [3.8, 4) is 39.1 Å². The van der Waals surface area contributed by atoms with E-state index in [1.54, 1.807) is 0 Å². The van der Waals surface area contributed by atoms with E-state index in [1.165, 1.54) is 0 Å². The molecule has 3 aromatic heterocycles. The molecule has 1 N–H and O–H groups in total. The van der Waals surface area contributed by atoms with Gasteiger partial charge in [-0.2, -0.15) is 0 Å². The zero-order valence-corrected chi connectivity index (χ0v) is 27.8. The molecule has 0 amide bonds. The Bertz CT molecular complexity index is 2530. The summed E-state index contributed by atoms with van der Waals surface area (Å²) < 4.78 is 2.41. The second kappa shape index (κ2) is 12.9. The van der Waals surface area contributed by atoms with Crippen molar-refractivity contribution in [1.29, 1.82) is 0 Å². The average Bonchev–Trinajstić information content (AvgIpc) is 3.95. The Morgan fingerprint density at radius 1 is 0.429 bits per heavy atom. The molecule has 8 bridgehead atoms. The molecule has 0 fully saturated rings. The summed E-state index contributed by atoms with van der Waals surface area (Å²) >= 11 is 0. The smallest absolute Gasteiger partial charge is 0.0737 e. The van der Waals surface area contributed by atoms with E-state index in [0.29, 0.717) is 0 Å². The Morgan fingerprint density at radius 2 is 0.898 bits per heavy atom. The van der Waals surface area contributed by atoms with Crippen molar-refractivity contribution in [2.45, 2.75) is 0 Å². The first-order chi connectivity index (χ1) is 23.8. The summed E-state index contributed by atoms with van der Waals surface area (Å²) in [6, 6.07) is 53.3. The number of aromatic amines is 1. The molecule has 4 nitrogen and oxygen atoms in total. The maximum Gasteiger partial charge on any atom is 0.0737 e. The maximum atomic E-state index is 5.29. The SMILES string of the molecule is C1=Cc2cc3c(-c4ccccc4)c(-c4ccccc4)c(c(-c4ccccc4)c4nc(cc5ccc(cc1n2)[nH]5)C=C4)n3-c1ccccc1.[Cr]. The third-order valence-corrected chi connectivity index (χ3v) is 8.87. The first-order valence-corrected chi connectivity index (χ1v) is 16.2. The minimum absolute atomic E-state index is 0. The Labute approximate surface area is 295 Å². The van der Waals surface area contributed by atoms with Crippen molar-refractivity contribution >= 4 is 46.4 Å². The average molecular weight is 667 g/mol. The molecule has 0 unspecified atom stereocenters. The zero-order chi connectivity index (χ0) is 31.9. The van der Waals surface area contributed by atoms with Gasteiger partial charge in [0.1, 0.15) is 0 Å². The number of nitrogens with zero attached hydrogens (tertiary/aromatic N) is 3. The van der Waals surface area contributed by atoms with Crippen LogP contribution in [0.4, 0.5) is 0 Å². The molecule has 2 aliphatic heterocycles. The largest absolute Gasteiger partial charge is 0.355 e. The molecule has 2 aliphatic rings. The molecule has 49 heavy (non-hydrogen) atoms. The molecule has 0 aliphatic carbocycles. The van der Waals surface area contributed by atoms with Crippen LogP contribution in [-0.2, 0) is 17.4 Å². The number of hydrogen-bond donors (Lipinski definition) is 1. The van der Waals surface area contributed by atoms with E-state index < -0.39 is 0 Å². The van der Waals surface area contributed by atoms with Gasteiger partial charge in [-0.15, -0.1) is 0 Å². The Hall–Kier alpha value is -5.99. The second-order valence-electron chi connectivity index (χ2n) is 12.0. The number of aromatic nitrogens is 4. The van der Waals surface area contributed by atoms with Gasteiger partial charge in [0.2, 0.25) is 0 Å². The van der Waals surface area contributed by atoms with Crippen molar-refractivity contribution in [1.82, 2.24) is 19.5 Å². The van der Waals surface area contributed by atoms with E-state index in [1.807, 2.05) is 0 Å². The number of para-hydroxylation sites is 1. The van der Waals surface area contributed by atoms with Crippen LogP contribution in [0.2, 0.25) is 0 Å². The van der Waals surface area contributed by atoms with Crippen LogP contribution >= 0.6 is 0 Å². The van der Waals surface area contributed by atoms with Gasteiger partial charge in [-0.3, -0.25) is 0 Å². The molecule has 4 aromatic carbocycles. The van der Waals surface area contributed by atoms with E-state index in [-0.39, 0.29) is 17.4 Å². The van der Waals surface area contributed by atoms with Gasteiger partial charge < -0.3 is 9.55 Å². The van der Waals surface area contributed by atoms with Crippen LogP contribution in [0.15, 0.2) is 152 Å². The van der Waals surface area contributed by atoms with Gasteiger partial charge in [-0.25, -0.2) is 9.97 Å². The molecule has 7 aromatic rings. The van der Waals surface area contributed by atoms with Crippen molar-refractivity contribution in [3.05, 3.63) is 174 Å². The molecule has 0 radical (unpaired) electrons. The molecule has 9 rings (SSSR count). The number of benzene rings is 4. The number of hydrogen-bond acceptors (Lipinski definition) is 2. The van der Waals surface area contributed by atoms with Gasteiger partial charge in [0.15, 0.2) is 0 Å². The summed E-state index contributed by atoms with van der Waals surface area (Å²) in [4.78, 5) is 13.9. The van der Waals surface area contributed by atoms with E-state index in [4.69, 9.17) is 9.97 Å². The monoisotopic (exact) mass is 666 g/mol. The van der Waals surface area contributed by atoms with Gasteiger partial charge in [-0.1, -0.05) is 109 Å². The third-order valence-electron chi connectivity index (χ3n) is 8.87. The second-order valence-corrected chi connectivity index (χ2v) is 12.0. The van der Waals surface area contributed by atoms with E-state index in [9.17, 15) is 0 Å². The molecule has 232 valence electrons. The van der Waals surface area contributed by atoms with Crippen LogP contribution < -0.4 is 0 Å². The van der Waals surface area contributed by atoms with E-state index in [2.05, 4.69) is 186 Å². The predicted octanol–water partition coefficient (Wildman–Crippen LogP) is 11.1. The molecule has 0 spiro atoms. The fourth-order valence-electron chi connectivity index (χ4n) is 6.81. The minimum Gasteiger partial charge on any atom is -0.355 e. The Morgan fingerprint density at radius 3 is 1.49 bits per heavy atom. The summed E-state index contributed by atoms with van der Waals surface area (Å²) in [6.07, 6.45) is 8.44. The van der Waals surface area contributed by atoms with Gasteiger partial charge in [0.05, 0.1) is 33.8 Å². The molecular formula is C44H30CrN4. The summed E-state index contributed by atoms with van der Waals surface area (Å²) in [7, 11) is 0. The van der Waals surface area contributed by atoms with Gasteiger partial charge in [0.25, 0.3) is 0 Å². The van der Waals surface area contributed by atoms with Gasteiger partial charge in [0, 0.05) is 50.8 Å². The zero-order valence-electron chi connectivity index (χ0n) is 26.5. The molecule has 5 heterocycles. The van der Waals surface area contributed by atoms with Gasteiger partial charge >= 0.3 is 0 Å². The Balaban J connectivity index is 0.00000348. The fourth-order valence-corrected chi connectivity index (χ4v) is 6.81. The molecule has 5 heteroatoms. The maximum absolute atomic E-state index is 5.29. The van der Waals surface area contributed by atoms with Gasteiger partial charge in [-0.05, 0) is 83.5 Å². The fraction of sp³-hybridized carbons (Fsp3) is 0. The summed E-state index contributed by atoms with van der Waals surface area (Å²) in [5.41, 5.74) is 15.4. The van der Waals surface area contributed by atoms with E-state index in [0.717, 1.165) is 83.9 Å². The summed E-state index contributed by atoms with van der Waals surface area (Å²) in [5, 5.41) is 0. The number of rotatable bonds is 4. The molecular weight excluding hydrogens is 637 g/mol. The van der Waals surface area contributed by atoms with E-state index >= 15 is 0 Å². The topological polar surface area (TPSA) is 46.5 Å². The number of H-pyrrole nitrogens is 1. The van der Waals surface area contributed by atoms with Crippen LogP contribution in [-0.4, -0.2) is 19.5 Å². The number of nitrogens with one attached hydrogen (secondary N) is 1. The standard InChI is InChI=1S/C44H30N4.Cr/c1-5-13-30(14-6-1)41-39-26-25-36(47-39)28-35-22-21-33(45-35)27-34-23-24-37(46-34)29-40-42(31-15-7-2-8-16-31)43(32-17-9-3-10-18-32)44(41)48(40)38-19-11-4-12-20-38;/h1-29,45H;. The van der Waals surface area contributed by atoms with Crippen LogP contribution in [0.1, 0.15) is 22.8 Å². The van der Waals surface area contributed by atoms with Crippen LogP contribution in [0.3, 0.4) is 0 Å². The first-order valence-electron chi connectivity index (χ1n) is 16.2. The summed E-state index contributed by atoms with van der Waals surface area (Å²) in [5.74, 6) is 0. The van der Waals surface area contributed by atoms with Crippen LogP contribution in [0.5, 0.6) is 0 Å². The predicted molar refractivity (Wildman–Crippen MR) is 200 cm³/mol. The van der Waals surface area contributed by atoms with Crippen molar-refractivity contribution in [2.75, 3.05) is 0 Å². The van der Waals surface area contributed by atoms with Crippen molar-refractivity contribution in [3.63, 3.8) is 0 Å². The quantitative estimate of drug-likeness (QED) is 0.203. The first kappa shape index (κ1) is 30.4. The summed E-state index contributed by atoms with van der Waals surface area (Å²) in [6.45, 7) is 0. The molecule has 0 saturated heterocycles. The normalized spacial score (nSPS) is 11.8. The third kappa shape index (κ3) is 5.66. The van der Waals surface area contributed by atoms with Crippen molar-refractivity contribution in [2.24, 2.45) is 0 Å². The Kier molecular flexibility index (Phi) is 7.99. The molecule has 0 saturated carbocycles. The van der Waals surface area contributed by atoms with Crippen LogP contribution in [0.25, 0.3) is 85.4 Å². The number of fused-ring (bicyclic) bond motifs is 8. The van der Waals surface area contributed by atoms with Crippen LogP contribution in [0, 0.1) is 0 Å². The van der Waals surface area contributed by atoms with Crippen molar-refractivity contribution < 1.29 is 17.4 Å². The molecule has 0 atom stereocenters. The minimum atomic E-state index is 0.